The summed E-state index contributed by atoms with van der Waals surface area (Å²) in [5.74, 6) is 1.89. The van der Waals surface area contributed by atoms with E-state index in [2.05, 4.69) is 34.0 Å². The lowest BCUT2D eigenvalue weighted by Gasteiger charge is -2.26. The van der Waals surface area contributed by atoms with Crippen molar-refractivity contribution in [2.24, 2.45) is 7.05 Å². The van der Waals surface area contributed by atoms with Gasteiger partial charge >= 0.3 is 0 Å². The summed E-state index contributed by atoms with van der Waals surface area (Å²) < 4.78 is 7.53. The number of hydrogen-bond acceptors (Lipinski definition) is 4. The Labute approximate surface area is 148 Å². The van der Waals surface area contributed by atoms with Gasteiger partial charge in [0.25, 0.3) is 0 Å². The summed E-state index contributed by atoms with van der Waals surface area (Å²) in [6.45, 7) is 5.07. The second-order valence-corrected chi connectivity index (χ2v) is 7.11. The highest BCUT2D eigenvalue weighted by Gasteiger charge is 2.28. The first-order chi connectivity index (χ1) is 12.2. The van der Waals surface area contributed by atoms with E-state index in [0.29, 0.717) is 18.9 Å². The molecule has 0 bridgehead atoms. The van der Waals surface area contributed by atoms with Crippen molar-refractivity contribution in [3.63, 3.8) is 0 Å². The predicted molar refractivity (Wildman–Crippen MR) is 96.7 cm³/mol. The number of aromatic nitrogens is 2. The van der Waals surface area contributed by atoms with Crippen LogP contribution < -0.4 is 5.32 Å². The molecule has 6 nitrogen and oxygen atoms in total. The van der Waals surface area contributed by atoms with Gasteiger partial charge in [-0.2, -0.15) is 0 Å². The van der Waals surface area contributed by atoms with Gasteiger partial charge in [0.1, 0.15) is 5.82 Å². The summed E-state index contributed by atoms with van der Waals surface area (Å²) in [4.78, 5) is 19.3. The van der Waals surface area contributed by atoms with E-state index >= 15 is 0 Å². The zero-order chi connectivity index (χ0) is 17.2. The number of aryl methyl sites for hydroxylation is 1. The Morgan fingerprint density at radius 1 is 1.32 bits per heavy atom. The Hall–Kier alpha value is -1.92. The maximum absolute atomic E-state index is 12.2. The topological polar surface area (TPSA) is 59.4 Å². The van der Waals surface area contributed by atoms with E-state index in [1.807, 2.05) is 6.07 Å². The fourth-order valence-electron chi connectivity index (χ4n) is 3.51. The average Bonchev–Trinajstić information content (AvgIpc) is 3.40. The molecule has 25 heavy (non-hydrogen) atoms. The highest BCUT2D eigenvalue weighted by atomic mass is 16.5. The van der Waals surface area contributed by atoms with Crippen molar-refractivity contribution in [2.45, 2.75) is 25.2 Å². The lowest BCUT2D eigenvalue weighted by molar-refractivity contribution is -0.120. The van der Waals surface area contributed by atoms with Gasteiger partial charge in [0.15, 0.2) is 0 Å². The summed E-state index contributed by atoms with van der Waals surface area (Å²) in [5, 5.41) is 3.02. The molecule has 1 aromatic carbocycles. The summed E-state index contributed by atoms with van der Waals surface area (Å²) >= 11 is 0. The van der Waals surface area contributed by atoms with E-state index in [9.17, 15) is 4.79 Å². The largest absolute Gasteiger partial charge is 0.379 e. The van der Waals surface area contributed by atoms with Crippen LogP contribution in [0.15, 0.2) is 18.2 Å². The number of nitrogens with one attached hydrogen (secondary N) is 1. The fourth-order valence-corrected chi connectivity index (χ4v) is 3.51. The molecule has 1 aliphatic carbocycles. The van der Waals surface area contributed by atoms with Crippen LogP contribution in [-0.2, 0) is 23.0 Å². The van der Waals surface area contributed by atoms with Crippen LogP contribution in [0.4, 0.5) is 0 Å². The smallest absolute Gasteiger partial charge is 0.224 e. The highest BCUT2D eigenvalue weighted by Crippen LogP contribution is 2.40. The predicted octanol–water partition coefficient (Wildman–Crippen LogP) is 1.44. The van der Waals surface area contributed by atoms with Crippen molar-refractivity contribution in [2.75, 3.05) is 39.4 Å². The Kier molecular flexibility index (Phi) is 4.72. The van der Waals surface area contributed by atoms with Gasteiger partial charge in [-0.15, -0.1) is 0 Å². The minimum absolute atomic E-state index is 0.0750. The first kappa shape index (κ1) is 16.5. The SMILES string of the molecule is Cn1c(C2CC2)nc2cc(CC(=O)NCCN3CCOCC3)ccc21. The van der Waals surface area contributed by atoms with E-state index in [4.69, 9.17) is 9.72 Å². The molecule has 0 unspecified atom stereocenters. The highest BCUT2D eigenvalue weighted by molar-refractivity contribution is 5.82. The number of imidazole rings is 1. The van der Waals surface area contributed by atoms with E-state index in [-0.39, 0.29) is 5.91 Å². The first-order valence-electron chi connectivity index (χ1n) is 9.23. The molecule has 1 amide bonds. The lowest BCUT2D eigenvalue weighted by Crippen LogP contribution is -2.41. The van der Waals surface area contributed by atoms with Crippen molar-refractivity contribution < 1.29 is 9.53 Å². The fraction of sp³-hybridized carbons (Fsp3) is 0.579. The van der Waals surface area contributed by atoms with E-state index < -0.39 is 0 Å². The average molecular weight is 342 g/mol. The normalized spacial score (nSPS) is 18.6. The quantitative estimate of drug-likeness (QED) is 0.863. The Bertz CT molecular complexity index is 760. The summed E-state index contributed by atoms with van der Waals surface area (Å²) in [6, 6.07) is 6.19. The lowest BCUT2D eigenvalue weighted by atomic mass is 10.1. The number of rotatable bonds is 6. The number of carbonyl (C=O) groups excluding carboxylic acids is 1. The van der Waals surface area contributed by atoms with Gasteiger partial charge in [0.2, 0.25) is 5.91 Å². The number of hydrogen-bond donors (Lipinski definition) is 1. The molecule has 2 heterocycles. The third-order valence-corrected chi connectivity index (χ3v) is 5.14. The number of carbonyl (C=O) groups is 1. The maximum Gasteiger partial charge on any atom is 0.224 e. The molecule has 4 rings (SSSR count). The van der Waals surface area contributed by atoms with E-state index in [1.54, 1.807) is 0 Å². The van der Waals surface area contributed by atoms with Gasteiger partial charge in [-0.3, -0.25) is 9.69 Å². The minimum Gasteiger partial charge on any atom is -0.379 e. The van der Waals surface area contributed by atoms with Crippen LogP contribution >= 0.6 is 0 Å². The van der Waals surface area contributed by atoms with Gasteiger partial charge in [0, 0.05) is 39.1 Å². The van der Waals surface area contributed by atoms with Crippen molar-refractivity contribution in [3.8, 4) is 0 Å². The molecule has 0 spiro atoms. The Morgan fingerprint density at radius 2 is 2.12 bits per heavy atom. The van der Waals surface area contributed by atoms with Crippen LogP contribution in [0, 0.1) is 0 Å². The molecule has 2 aromatic rings. The summed E-state index contributed by atoms with van der Waals surface area (Å²) in [5.41, 5.74) is 3.18. The Morgan fingerprint density at radius 3 is 2.88 bits per heavy atom. The minimum atomic E-state index is 0.0750. The zero-order valence-electron chi connectivity index (χ0n) is 14.8. The second-order valence-electron chi connectivity index (χ2n) is 7.11. The molecule has 0 radical (unpaired) electrons. The van der Waals surface area contributed by atoms with Crippen LogP contribution in [0.5, 0.6) is 0 Å². The van der Waals surface area contributed by atoms with Gasteiger partial charge in [0.05, 0.1) is 30.7 Å². The molecule has 2 aliphatic rings. The van der Waals surface area contributed by atoms with Crippen molar-refractivity contribution in [3.05, 3.63) is 29.6 Å². The third kappa shape index (κ3) is 3.85. The molecule has 1 aliphatic heterocycles. The van der Waals surface area contributed by atoms with E-state index in [1.165, 1.54) is 18.7 Å². The molecule has 2 fully saturated rings. The second kappa shape index (κ2) is 7.14. The monoisotopic (exact) mass is 342 g/mol. The first-order valence-corrected chi connectivity index (χ1v) is 9.23. The third-order valence-electron chi connectivity index (χ3n) is 5.14. The number of ether oxygens (including phenoxy) is 1. The standard InChI is InChI=1S/C19H26N4O2/c1-22-17-5-2-14(12-16(17)21-19(22)15-3-4-15)13-18(24)20-6-7-23-8-10-25-11-9-23/h2,5,12,15H,3-4,6-11,13H2,1H3,(H,20,24). The number of benzene rings is 1. The van der Waals surface area contributed by atoms with Gasteiger partial charge in [-0.25, -0.2) is 4.98 Å². The van der Waals surface area contributed by atoms with Crippen molar-refractivity contribution >= 4 is 16.9 Å². The molecule has 1 saturated carbocycles. The van der Waals surface area contributed by atoms with Crippen LogP contribution in [0.1, 0.15) is 30.1 Å². The molecule has 134 valence electrons. The molecule has 1 N–H and O–H groups in total. The number of morpholine rings is 1. The van der Waals surface area contributed by atoms with Crippen molar-refractivity contribution in [1.82, 2.24) is 19.8 Å². The van der Waals surface area contributed by atoms with Gasteiger partial charge in [-0.1, -0.05) is 6.07 Å². The molecular weight excluding hydrogens is 316 g/mol. The number of nitrogens with zero attached hydrogens (tertiary/aromatic N) is 3. The van der Waals surface area contributed by atoms with Crippen LogP contribution in [0.25, 0.3) is 11.0 Å². The number of fused-ring (bicyclic) bond motifs is 1. The molecule has 1 saturated heterocycles. The molecule has 0 atom stereocenters. The molecular formula is C19H26N4O2. The van der Waals surface area contributed by atoms with Gasteiger partial charge in [-0.05, 0) is 30.5 Å². The maximum atomic E-state index is 12.2. The molecule has 1 aromatic heterocycles. The van der Waals surface area contributed by atoms with Crippen LogP contribution in [-0.4, -0.2) is 59.8 Å². The Balaban J connectivity index is 1.32. The number of amides is 1. The summed E-state index contributed by atoms with van der Waals surface area (Å²) in [7, 11) is 2.08. The summed E-state index contributed by atoms with van der Waals surface area (Å²) in [6.07, 6.45) is 2.90. The van der Waals surface area contributed by atoms with Crippen molar-refractivity contribution in [1.29, 1.82) is 0 Å². The zero-order valence-corrected chi connectivity index (χ0v) is 14.8. The van der Waals surface area contributed by atoms with E-state index in [0.717, 1.165) is 49.4 Å². The molecule has 6 heteroatoms. The van der Waals surface area contributed by atoms with Crippen LogP contribution in [0.3, 0.4) is 0 Å². The van der Waals surface area contributed by atoms with Crippen LogP contribution in [0.2, 0.25) is 0 Å². The van der Waals surface area contributed by atoms with Gasteiger partial charge < -0.3 is 14.6 Å².